The zero-order valence-corrected chi connectivity index (χ0v) is 11.8. The summed E-state index contributed by atoms with van der Waals surface area (Å²) < 4.78 is 0. The van der Waals surface area contributed by atoms with E-state index in [0.717, 1.165) is 25.9 Å². The third-order valence-corrected chi connectivity index (χ3v) is 5.70. The lowest BCUT2D eigenvalue weighted by Crippen LogP contribution is -2.48. The first-order valence-corrected chi connectivity index (χ1v) is 7.79. The van der Waals surface area contributed by atoms with Gasteiger partial charge in [0.15, 0.2) is 0 Å². The molecule has 3 fully saturated rings. The molecule has 108 valence electrons. The highest BCUT2D eigenvalue weighted by Crippen LogP contribution is 2.48. The number of piperidine rings is 1. The zero-order chi connectivity index (χ0) is 13.4. The van der Waals surface area contributed by atoms with E-state index in [1.165, 1.54) is 19.3 Å². The van der Waals surface area contributed by atoms with Crippen molar-refractivity contribution in [1.82, 2.24) is 10.2 Å². The largest absolute Gasteiger partial charge is 0.396 e. The molecule has 2 N–H and O–H groups in total. The molecule has 1 aliphatic heterocycles. The molecule has 0 aromatic rings. The van der Waals surface area contributed by atoms with Crippen LogP contribution in [0.25, 0.3) is 0 Å². The first-order chi connectivity index (χ1) is 9.19. The van der Waals surface area contributed by atoms with Gasteiger partial charge < -0.3 is 15.3 Å². The van der Waals surface area contributed by atoms with Crippen LogP contribution in [0.1, 0.15) is 32.1 Å². The summed E-state index contributed by atoms with van der Waals surface area (Å²) in [5.74, 6) is 2.02. The van der Waals surface area contributed by atoms with Crippen molar-refractivity contribution in [3.05, 3.63) is 0 Å². The van der Waals surface area contributed by atoms with E-state index in [-0.39, 0.29) is 24.5 Å². The number of hydrogen-bond donors (Lipinski definition) is 2. The highest BCUT2D eigenvalue weighted by atomic mass is 16.3. The van der Waals surface area contributed by atoms with E-state index in [1.54, 1.807) is 0 Å². The minimum Gasteiger partial charge on any atom is -0.396 e. The molecule has 2 bridgehead atoms. The number of rotatable bonds is 3. The topological polar surface area (TPSA) is 52.6 Å². The Balaban J connectivity index is 1.57. The minimum absolute atomic E-state index is 0.190. The van der Waals surface area contributed by atoms with Gasteiger partial charge in [-0.1, -0.05) is 0 Å². The van der Waals surface area contributed by atoms with E-state index in [4.69, 9.17) is 0 Å². The third kappa shape index (κ3) is 2.52. The van der Waals surface area contributed by atoms with Gasteiger partial charge in [-0.3, -0.25) is 4.79 Å². The fraction of sp³-hybridized carbons (Fsp3) is 0.933. The van der Waals surface area contributed by atoms with Crippen LogP contribution in [0.4, 0.5) is 0 Å². The van der Waals surface area contributed by atoms with Crippen LogP contribution in [0.2, 0.25) is 0 Å². The van der Waals surface area contributed by atoms with Crippen LogP contribution in [0.3, 0.4) is 0 Å². The van der Waals surface area contributed by atoms with Crippen LogP contribution in [-0.2, 0) is 4.79 Å². The van der Waals surface area contributed by atoms with Crippen LogP contribution in [-0.4, -0.2) is 48.7 Å². The molecule has 4 heteroatoms. The first kappa shape index (κ1) is 13.4. The lowest BCUT2D eigenvalue weighted by molar-refractivity contribution is -0.128. The summed E-state index contributed by atoms with van der Waals surface area (Å²) in [6.07, 6.45) is 5.65. The standard InChI is InChI=1S/C15H26N2O2/c1-17-6-4-10(5-7-17)15(19)16-14-12-3-2-11(8-12)13(14)9-18/h10-14,18H,2-9H2,1H3,(H,16,19). The Morgan fingerprint density at radius 3 is 2.58 bits per heavy atom. The van der Waals surface area contributed by atoms with Gasteiger partial charge >= 0.3 is 0 Å². The Morgan fingerprint density at radius 1 is 1.21 bits per heavy atom. The van der Waals surface area contributed by atoms with E-state index in [9.17, 15) is 9.90 Å². The van der Waals surface area contributed by atoms with Gasteiger partial charge in [-0.05, 0) is 64.1 Å². The van der Waals surface area contributed by atoms with Gasteiger partial charge in [0.2, 0.25) is 5.91 Å². The molecule has 0 radical (unpaired) electrons. The fourth-order valence-electron chi connectivity index (χ4n) is 4.45. The molecule has 1 heterocycles. The minimum atomic E-state index is 0.190. The van der Waals surface area contributed by atoms with E-state index in [2.05, 4.69) is 17.3 Å². The highest BCUT2D eigenvalue weighted by Gasteiger charge is 2.48. The number of fused-ring (bicyclic) bond motifs is 2. The number of hydrogen-bond acceptors (Lipinski definition) is 3. The number of nitrogens with one attached hydrogen (secondary N) is 1. The highest BCUT2D eigenvalue weighted by molar-refractivity contribution is 5.79. The van der Waals surface area contributed by atoms with Gasteiger partial charge in [-0.25, -0.2) is 0 Å². The van der Waals surface area contributed by atoms with Crippen molar-refractivity contribution in [3.8, 4) is 0 Å². The molecule has 0 aromatic heterocycles. The molecule has 1 amide bonds. The number of likely N-dealkylation sites (tertiary alicyclic amines) is 1. The second kappa shape index (κ2) is 5.41. The average Bonchev–Trinajstić information content (AvgIpc) is 3.00. The predicted molar refractivity (Wildman–Crippen MR) is 73.6 cm³/mol. The second-order valence-electron chi connectivity index (χ2n) is 6.79. The number of aliphatic hydroxyl groups is 1. The van der Waals surface area contributed by atoms with Gasteiger partial charge in [0, 0.05) is 24.5 Å². The molecule has 3 rings (SSSR count). The molecule has 2 aliphatic carbocycles. The van der Waals surface area contributed by atoms with E-state index in [1.807, 2.05) is 0 Å². The SMILES string of the molecule is CN1CCC(C(=O)NC2C3CCC(C3)C2CO)CC1. The molecule has 0 aromatic carbocycles. The summed E-state index contributed by atoms with van der Waals surface area (Å²) in [5.41, 5.74) is 0. The molecule has 4 nitrogen and oxygen atoms in total. The first-order valence-electron chi connectivity index (χ1n) is 7.79. The lowest BCUT2D eigenvalue weighted by atomic mass is 9.84. The van der Waals surface area contributed by atoms with Crippen molar-refractivity contribution >= 4 is 5.91 Å². The quantitative estimate of drug-likeness (QED) is 0.796. The zero-order valence-electron chi connectivity index (χ0n) is 11.8. The number of carbonyl (C=O) groups is 1. The maximum Gasteiger partial charge on any atom is 0.223 e. The van der Waals surface area contributed by atoms with Gasteiger partial charge in [0.05, 0.1) is 0 Å². The van der Waals surface area contributed by atoms with Crippen molar-refractivity contribution in [1.29, 1.82) is 0 Å². The molecule has 19 heavy (non-hydrogen) atoms. The van der Waals surface area contributed by atoms with Crippen LogP contribution in [0, 0.1) is 23.7 Å². The number of aliphatic hydroxyl groups excluding tert-OH is 1. The molecular weight excluding hydrogens is 240 g/mol. The maximum atomic E-state index is 12.4. The molecule has 1 saturated heterocycles. The Morgan fingerprint density at radius 2 is 1.89 bits per heavy atom. The van der Waals surface area contributed by atoms with Crippen molar-refractivity contribution in [3.63, 3.8) is 0 Å². The maximum absolute atomic E-state index is 12.4. The molecule has 0 spiro atoms. The van der Waals surface area contributed by atoms with Crippen molar-refractivity contribution in [2.45, 2.75) is 38.1 Å². The Labute approximate surface area is 115 Å². The third-order valence-electron chi connectivity index (χ3n) is 5.70. The Kier molecular flexibility index (Phi) is 3.81. The van der Waals surface area contributed by atoms with Gasteiger partial charge in [-0.2, -0.15) is 0 Å². The summed E-state index contributed by atoms with van der Waals surface area (Å²) in [6.45, 7) is 2.29. The number of amides is 1. The Hall–Kier alpha value is -0.610. The Bertz CT molecular complexity index is 339. The van der Waals surface area contributed by atoms with Crippen molar-refractivity contribution < 1.29 is 9.90 Å². The number of carbonyl (C=O) groups excluding carboxylic acids is 1. The van der Waals surface area contributed by atoms with Crippen molar-refractivity contribution in [2.24, 2.45) is 23.7 Å². The molecule has 2 saturated carbocycles. The number of nitrogens with zero attached hydrogens (tertiary/aromatic N) is 1. The average molecular weight is 266 g/mol. The van der Waals surface area contributed by atoms with Crippen LogP contribution < -0.4 is 5.32 Å². The van der Waals surface area contributed by atoms with Crippen molar-refractivity contribution in [2.75, 3.05) is 26.7 Å². The van der Waals surface area contributed by atoms with Gasteiger partial charge in [0.25, 0.3) is 0 Å². The van der Waals surface area contributed by atoms with Crippen LogP contribution in [0.15, 0.2) is 0 Å². The second-order valence-corrected chi connectivity index (χ2v) is 6.79. The fourth-order valence-corrected chi connectivity index (χ4v) is 4.45. The monoisotopic (exact) mass is 266 g/mol. The van der Waals surface area contributed by atoms with Crippen LogP contribution >= 0.6 is 0 Å². The molecule has 4 unspecified atom stereocenters. The molecule has 4 atom stereocenters. The summed E-state index contributed by atoms with van der Waals surface area (Å²) in [7, 11) is 2.12. The van der Waals surface area contributed by atoms with E-state index >= 15 is 0 Å². The predicted octanol–water partition coefficient (Wildman–Crippen LogP) is 0.851. The van der Waals surface area contributed by atoms with E-state index < -0.39 is 0 Å². The van der Waals surface area contributed by atoms with Gasteiger partial charge in [0.1, 0.15) is 0 Å². The summed E-state index contributed by atoms with van der Waals surface area (Å²) in [6, 6.07) is 0.246. The van der Waals surface area contributed by atoms with Gasteiger partial charge in [-0.15, -0.1) is 0 Å². The smallest absolute Gasteiger partial charge is 0.223 e. The van der Waals surface area contributed by atoms with E-state index in [0.29, 0.717) is 17.8 Å². The lowest BCUT2D eigenvalue weighted by Gasteiger charge is -2.33. The normalized spacial score (nSPS) is 39.7. The summed E-state index contributed by atoms with van der Waals surface area (Å²) in [4.78, 5) is 14.7. The molecule has 3 aliphatic rings. The molecular formula is C15H26N2O2. The summed E-state index contributed by atoms with van der Waals surface area (Å²) >= 11 is 0. The van der Waals surface area contributed by atoms with Crippen LogP contribution in [0.5, 0.6) is 0 Å². The summed E-state index contributed by atoms with van der Waals surface area (Å²) in [5, 5.41) is 12.8.